The van der Waals surface area contributed by atoms with Crippen LogP contribution >= 0.6 is 0 Å². The van der Waals surface area contributed by atoms with Crippen molar-refractivity contribution in [1.82, 2.24) is 19.9 Å². The number of benzene rings is 1. The zero-order chi connectivity index (χ0) is 30.8. The first-order chi connectivity index (χ1) is 20.7. The molecule has 1 saturated carbocycles. The van der Waals surface area contributed by atoms with Gasteiger partial charge in [0.2, 0.25) is 21.8 Å². The third-order valence-corrected chi connectivity index (χ3v) is 9.72. The van der Waals surface area contributed by atoms with Crippen molar-refractivity contribution in [3.05, 3.63) is 47.2 Å². The standard InChI is InChI=1S/C31H44N4O7S/c1-3-43(39,40)34-28(36)17-15-23-14-16-24(41-2)20-25(23)31(38)35-19-9-13-27(35)30-33-26(21-42-30)29(37)32-18-8-7-12-22-10-5-4-6-11-22/h14,16,20-22,27H,3-13,15,17-19H2,1-2H3,(H,32,37)(H,34,36)/t27-/m0/s1. The molecule has 12 heteroatoms. The van der Waals surface area contributed by atoms with E-state index >= 15 is 0 Å². The molecule has 2 aliphatic rings. The number of methoxy groups -OCH3 is 1. The highest BCUT2D eigenvalue weighted by Crippen LogP contribution is 2.34. The van der Waals surface area contributed by atoms with E-state index in [9.17, 15) is 22.8 Å². The van der Waals surface area contributed by atoms with E-state index in [1.165, 1.54) is 58.8 Å². The van der Waals surface area contributed by atoms with E-state index in [-0.39, 0.29) is 36.1 Å². The van der Waals surface area contributed by atoms with E-state index in [1.54, 1.807) is 23.1 Å². The zero-order valence-corrected chi connectivity index (χ0v) is 26.0. The van der Waals surface area contributed by atoms with E-state index in [0.29, 0.717) is 42.3 Å². The first-order valence-corrected chi connectivity index (χ1v) is 17.1. The van der Waals surface area contributed by atoms with Gasteiger partial charge in [-0.25, -0.2) is 13.4 Å². The molecule has 43 heavy (non-hydrogen) atoms. The molecule has 236 valence electrons. The van der Waals surface area contributed by atoms with Crippen molar-refractivity contribution in [3.63, 3.8) is 0 Å². The molecule has 1 aromatic heterocycles. The van der Waals surface area contributed by atoms with E-state index in [4.69, 9.17) is 9.15 Å². The molecule has 2 heterocycles. The molecule has 0 spiro atoms. The summed E-state index contributed by atoms with van der Waals surface area (Å²) in [6.45, 7) is 2.51. The van der Waals surface area contributed by atoms with Crippen molar-refractivity contribution in [2.45, 2.75) is 90.0 Å². The normalized spacial score (nSPS) is 17.5. The second kappa shape index (κ2) is 15.4. The lowest BCUT2D eigenvalue weighted by Gasteiger charge is -2.24. The number of sulfonamides is 1. The Hall–Kier alpha value is -3.41. The Bertz CT molecular complexity index is 1370. The van der Waals surface area contributed by atoms with Crippen LogP contribution in [0.2, 0.25) is 0 Å². The summed E-state index contributed by atoms with van der Waals surface area (Å²) >= 11 is 0. The number of nitrogens with zero attached hydrogens (tertiary/aromatic N) is 2. The summed E-state index contributed by atoms with van der Waals surface area (Å²) in [7, 11) is -2.17. The number of amides is 3. The summed E-state index contributed by atoms with van der Waals surface area (Å²) in [6, 6.07) is 4.59. The van der Waals surface area contributed by atoms with Crippen LogP contribution in [-0.2, 0) is 21.2 Å². The Kier molecular flexibility index (Phi) is 11.6. The van der Waals surface area contributed by atoms with Crippen LogP contribution in [0.3, 0.4) is 0 Å². The molecule has 2 aromatic rings. The number of likely N-dealkylation sites (tertiary alicyclic amines) is 1. The number of rotatable bonds is 14. The predicted octanol–water partition coefficient (Wildman–Crippen LogP) is 4.54. The number of nitrogens with one attached hydrogen (secondary N) is 2. The number of ether oxygens (including phenoxy) is 1. The van der Waals surface area contributed by atoms with Gasteiger partial charge in [-0.1, -0.05) is 51.0 Å². The van der Waals surface area contributed by atoms with Crippen molar-refractivity contribution in [2.24, 2.45) is 5.92 Å². The number of aryl methyl sites for hydroxylation is 1. The lowest BCUT2D eigenvalue weighted by Crippen LogP contribution is -2.33. The maximum absolute atomic E-state index is 13.8. The summed E-state index contributed by atoms with van der Waals surface area (Å²) in [5.41, 5.74) is 1.14. The Morgan fingerprint density at radius 1 is 1.09 bits per heavy atom. The zero-order valence-electron chi connectivity index (χ0n) is 25.2. The van der Waals surface area contributed by atoms with Gasteiger partial charge in [0.1, 0.15) is 18.1 Å². The van der Waals surface area contributed by atoms with Crippen LogP contribution in [0.25, 0.3) is 0 Å². The van der Waals surface area contributed by atoms with Crippen LogP contribution in [0.4, 0.5) is 0 Å². The number of aromatic nitrogens is 1. The summed E-state index contributed by atoms with van der Waals surface area (Å²) in [5, 5.41) is 2.94. The van der Waals surface area contributed by atoms with Gasteiger partial charge in [-0.2, -0.15) is 0 Å². The third-order valence-electron chi connectivity index (χ3n) is 8.42. The van der Waals surface area contributed by atoms with Crippen molar-refractivity contribution in [3.8, 4) is 5.75 Å². The van der Waals surface area contributed by atoms with Crippen molar-refractivity contribution in [2.75, 3.05) is 26.0 Å². The average molecular weight is 617 g/mol. The van der Waals surface area contributed by atoms with Crippen LogP contribution < -0.4 is 14.8 Å². The molecule has 1 aliphatic carbocycles. The van der Waals surface area contributed by atoms with Gasteiger partial charge in [0.25, 0.3) is 11.8 Å². The molecular formula is C31H44N4O7S. The third kappa shape index (κ3) is 9.04. The maximum Gasteiger partial charge on any atom is 0.273 e. The number of hydrogen-bond donors (Lipinski definition) is 2. The Labute approximate surface area is 254 Å². The molecule has 1 aromatic carbocycles. The SMILES string of the molecule is CCS(=O)(=O)NC(=O)CCc1ccc(OC)cc1C(=O)N1CCC[C@H]1c1nc(C(=O)NCCCCC2CCCCC2)co1. The second-order valence-corrected chi connectivity index (χ2v) is 13.4. The Morgan fingerprint density at radius 2 is 1.88 bits per heavy atom. The highest BCUT2D eigenvalue weighted by Gasteiger charge is 2.35. The van der Waals surface area contributed by atoms with Crippen LogP contribution in [0, 0.1) is 5.92 Å². The molecule has 11 nitrogen and oxygen atoms in total. The highest BCUT2D eigenvalue weighted by molar-refractivity contribution is 7.90. The first kappa shape index (κ1) is 32.5. The van der Waals surface area contributed by atoms with Gasteiger partial charge in [0.15, 0.2) is 5.69 Å². The smallest absolute Gasteiger partial charge is 0.273 e. The van der Waals surface area contributed by atoms with E-state index < -0.39 is 22.0 Å². The lowest BCUT2D eigenvalue weighted by atomic mass is 9.86. The monoisotopic (exact) mass is 616 g/mol. The number of oxazole rings is 1. The fourth-order valence-electron chi connectivity index (χ4n) is 5.94. The number of unbranched alkanes of at least 4 members (excludes halogenated alkanes) is 1. The number of carbonyl (C=O) groups excluding carboxylic acids is 3. The minimum Gasteiger partial charge on any atom is -0.497 e. The highest BCUT2D eigenvalue weighted by atomic mass is 32.2. The van der Waals surface area contributed by atoms with E-state index in [0.717, 1.165) is 25.2 Å². The predicted molar refractivity (Wildman–Crippen MR) is 161 cm³/mol. The van der Waals surface area contributed by atoms with E-state index in [2.05, 4.69) is 10.3 Å². The molecule has 2 N–H and O–H groups in total. The molecule has 0 radical (unpaired) electrons. The van der Waals surface area contributed by atoms with E-state index in [1.807, 2.05) is 4.72 Å². The Balaban J connectivity index is 1.36. The van der Waals surface area contributed by atoms with Gasteiger partial charge in [0.05, 0.1) is 12.9 Å². The second-order valence-electron chi connectivity index (χ2n) is 11.4. The molecule has 2 fully saturated rings. The van der Waals surface area contributed by atoms with Crippen LogP contribution in [0.5, 0.6) is 5.75 Å². The quantitative estimate of drug-likeness (QED) is 0.294. The summed E-state index contributed by atoms with van der Waals surface area (Å²) in [6.07, 6.45) is 12.7. The molecule has 0 unspecified atom stereocenters. The molecule has 0 bridgehead atoms. The topological polar surface area (TPSA) is 148 Å². The van der Waals surface area contributed by atoms with Crippen molar-refractivity contribution < 1.29 is 32.0 Å². The fourth-order valence-corrected chi connectivity index (χ4v) is 6.53. The van der Waals surface area contributed by atoms with Crippen molar-refractivity contribution >= 4 is 27.7 Å². The number of carbonyl (C=O) groups is 3. The molecular weight excluding hydrogens is 572 g/mol. The largest absolute Gasteiger partial charge is 0.497 e. The molecule has 1 aliphatic heterocycles. The van der Waals surface area contributed by atoms with Gasteiger partial charge in [-0.15, -0.1) is 0 Å². The number of hydrogen-bond acceptors (Lipinski definition) is 8. The lowest BCUT2D eigenvalue weighted by molar-refractivity contribution is -0.119. The van der Waals surface area contributed by atoms with Gasteiger partial charge in [0, 0.05) is 25.1 Å². The van der Waals surface area contributed by atoms with Crippen LogP contribution in [-0.4, -0.2) is 62.0 Å². The molecule has 3 amide bonds. The minimum absolute atomic E-state index is 0.103. The summed E-state index contributed by atoms with van der Waals surface area (Å²) in [4.78, 5) is 44.9. The van der Waals surface area contributed by atoms with Gasteiger partial charge < -0.3 is 19.4 Å². The average Bonchev–Trinajstić information content (AvgIpc) is 3.70. The van der Waals surface area contributed by atoms with Crippen LogP contribution in [0.15, 0.2) is 28.9 Å². The molecule has 4 rings (SSSR count). The Morgan fingerprint density at radius 3 is 2.63 bits per heavy atom. The van der Waals surface area contributed by atoms with Gasteiger partial charge in [-0.3, -0.25) is 19.1 Å². The summed E-state index contributed by atoms with van der Waals surface area (Å²) < 4.78 is 36.6. The fraction of sp³-hybridized carbons (Fsp3) is 0.613. The minimum atomic E-state index is -3.67. The van der Waals surface area contributed by atoms with Crippen LogP contribution in [0.1, 0.15) is 116 Å². The van der Waals surface area contributed by atoms with Crippen molar-refractivity contribution in [1.29, 1.82) is 0 Å². The molecule has 1 atom stereocenters. The molecule has 1 saturated heterocycles. The van der Waals surface area contributed by atoms with Gasteiger partial charge >= 0.3 is 0 Å². The maximum atomic E-state index is 13.8. The van der Waals surface area contributed by atoms with Gasteiger partial charge in [-0.05, 0) is 56.2 Å². The summed E-state index contributed by atoms with van der Waals surface area (Å²) in [5.74, 6) is 0.215. The first-order valence-electron chi connectivity index (χ1n) is 15.5.